The maximum absolute atomic E-state index is 8.86. The molecular formula is C6H12O2. The van der Waals surface area contributed by atoms with Gasteiger partial charge in [-0.15, -0.1) is 0 Å². The van der Waals surface area contributed by atoms with E-state index in [9.17, 15) is 0 Å². The summed E-state index contributed by atoms with van der Waals surface area (Å²) in [4.78, 5) is 0. The standard InChI is InChI=1S/C6H12O2/c1-5-2-3-8-6(7)4-5/h5-7H,2-4H2,1H3/t5-,6?/m1/s1. The number of ether oxygens (including phenoxy) is 1. The lowest BCUT2D eigenvalue weighted by atomic mass is 10.0. The second-order valence-electron chi connectivity index (χ2n) is 2.45. The fourth-order valence-corrected chi connectivity index (χ4v) is 0.935. The van der Waals surface area contributed by atoms with Crippen molar-refractivity contribution >= 4 is 0 Å². The van der Waals surface area contributed by atoms with Crippen LogP contribution in [0.25, 0.3) is 0 Å². The monoisotopic (exact) mass is 116 g/mol. The molecule has 0 saturated carbocycles. The molecule has 1 rings (SSSR count). The molecule has 0 aliphatic carbocycles. The van der Waals surface area contributed by atoms with Crippen molar-refractivity contribution in [2.45, 2.75) is 26.1 Å². The van der Waals surface area contributed by atoms with E-state index in [-0.39, 0.29) is 0 Å². The van der Waals surface area contributed by atoms with E-state index in [1.54, 1.807) is 0 Å². The molecule has 1 fully saturated rings. The van der Waals surface area contributed by atoms with Crippen molar-refractivity contribution < 1.29 is 9.84 Å². The van der Waals surface area contributed by atoms with Crippen LogP contribution in [-0.4, -0.2) is 18.0 Å². The van der Waals surface area contributed by atoms with E-state index in [0.29, 0.717) is 5.92 Å². The largest absolute Gasteiger partial charge is 0.368 e. The first kappa shape index (κ1) is 6.05. The molecule has 48 valence electrons. The average molecular weight is 116 g/mol. The molecule has 2 heteroatoms. The molecule has 1 aliphatic rings. The minimum atomic E-state index is -0.487. The van der Waals surface area contributed by atoms with Gasteiger partial charge >= 0.3 is 0 Å². The van der Waals surface area contributed by atoms with Crippen LogP contribution in [0.2, 0.25) is 0 Å². The Hall–Kier alpha value is -0.0800. The first-order valence-electron chi connectivity index (χ1n) is 3.08. The van der Waals surface area contributed by atoms with Gasteiger partial charge in [0.25, 0.3) is 0 Å². The van der Waals surface area contributed by atoms with E-state index in [1.165, 1.54) is 0 Å². The van der Waals surface area contributed by atoms with Gasteiger partial charge in [0.1, 0.15) is 0 Å². The minimum Gasteiger partial charge on any atom is -0.368 e. The van der Waals surface area contributed by atoms with Gasteiger partial charge in [0.05, 0.1) is 0 Å². The Kier molecular flexibility index (Phi) is 1.86. The molecule has 1 unspecified atom stereocenters. The summed E-state index contributed by atoms with van der Waals surface area (Å²) in [6.45, 7) is 2.86. The number of hydrogen-bond acceptors (Lipinski definition) is 2. The second-order valence-corrected chi connectivity index (χ2v) is 2.45. The maximum atomic E-state index is 8.86. The molecule has 0 aromatic carbocycles. The number of rotatable bonds is 0. The second kappa shape index (κ2) is 2.46. The average Bonchev–Trinajstić information content (AvgIpc) is 1.64. The van der Waals surface area contributed by atoms with Crippen LogP contribution in [0.1, 0.15) is 19.8 Å². The van der Waals surface area contributed by atoms with E-state index in [4.69, 9.17) is 9.84 Å². The smallest absolute Gasteiger partial charge is 0.154 e. The zero-order valence-electron chi connectivity index (χ0n) is 5.13. The van der Waals surface area contributed by atoms with Crippen LogP contribution in [0.5, 0.6) is 0 Å². The molecule has 0 aromatic heterocycles. The first-order valence-corrected chi connectivity index (χ1v) is 3.08. The molecule has 1 saturated heterocycles. The van der Waals surface area contributed by atoms with E-state index in [1.807, 2.05) is 0 Å². The Balaban J connectivity index is 2.23. The van der Waals surface area contributed by atoms with Gasteiger partial charge in [0.15, 0.2) is 6.29 Å². The van der Waals surface area contributed by atoms with Gasteiger partial charge in [-0.2, -0.15) is 0 Å². The highest BCUT2D eigenvalue weighted by Crippen LogP contribution is 2.16. The van der Waals surface area contributed by atoms with Gasteiger partial charge < -0.3 is 9.84 Å². The lowest BCUT2D eigenvalue weighted by Gasteiger charge is -2.22. The Morgan fingerprint density at radius 1 is 1.62 bits per heavy atom. The van der Waals surface area contributed by atoms with Crippen molar-refractivity contribution in [3.63, 3.8) is 0 Å². The van der Waals surface area contributed by atoms with E-state index < -0.39 is 6.29 Å². The zero-order valence-corrected chi connectivity index (χ0v) is 5.13. The fraction of sp³-hybridized carbons (Fsp3) is 1.00. The molecule has 2 atom stereocenters. The highest BCUT2D eigenvalue weighted by molar-refractivity contribution is 4.59. The minimum absolute atomic E-state index is 0.487. The molecule has 8 heavy (non-hydrogen) atoms. The molecule has 1 heterocycles. The molecule has 1 aliphatic heterocycles. The van der Waals surface area contributed by atoms with Crippen molar-refractivity contribution in [3.8, 4) is 0 Å². The van der Waals surface area contributed by atoms with Crippen molar-refractivity contribution in [1.82, 2.24) is 0 Å². The summed E-state index contributed by atoms with van der Waals surface area (Å²) in [7, 11) is 0. The Labute approximate surface area is 49.5 Å². The van der Waals surface area contributed by atoms with Gasteiger partial charge in [0, 0.05) is 13.0 Å². The number of hydrogen-bond donors (Lipinski definition) is 1. The first-order chi connectivity index (χ1) is 3.79. The van der Waals surface area contributed by atoms with Crippen molar-refractivity contribution in [3.05, 3.63) is 0 Å². The summed E-state index contributed by atoms with van der Waals surface area (Å²) in [5.74, 6) is 0.638. The van der Waals surface area contributed by atoms with Crippen molar-refractivity contribution in [2.24, 2.45) is 5.92 Å². The van der Waals surface area contributed by atoms with E-state index in [0.717, 1.165) is 19.4 Å². The third-order valence-electron chi connectivity index (χ3n) is 1.52. The lowest BCUT2D eigenvalue weighted by Crippen LogP contribution is -2.23. The van der Waals surface area contributed by atoms with Crippen LogP contribution in [0, 0.1) is 5.92 Å². The van der Waals surface area contributed by atoms with E-state index >= 15 is 0 Å². The highest BCUT2D eigenvalue weighted by Gasteiger charge is 2.15. The van der Waals surface area contributed by atoms with Crippen LogP contribution in [0.15, 0.2) is 0 Å². The van der Waals surface area contributed by atoms with Gasteiger partial charge in [-0.1, -0.05) is 6.92 Å². The number of aliphatic hydroxyl groups is 1. The predicted octanol–water partition coefficient (Wildman–Crippen LogP) is 0.751. The van der Waals surface area contributed by atoms with Crippen LogP contribution in [-0.2, 0) is 4.74 Å². The summed E-state index contributed by atoms with van der Waals surface area (Å²) >= 11 is 0. The Morgan fingerprint density at radius 3 is 2.75 bits per heavy atom. The summed E-state index contributed by atoms with van der Waals surface area (Å²) in [5.41, 5.74) is 0. The van der Waals surface area contributed by atoms with Gasteiger partial charge in [-0.3, -0.25) is 0 Å². The quantitative estimate of drug-likeness (QED) is 0.506. The third-order valence-corrected chi connectivity index (χ3v) is 1.52. The topological polar surface area (TPSA) is 29.5 Å². The summed E-state index contributed by atoms with van der Waals surface area (Å²) in [5, 5.41) is 8.86. The van der Waals surface area contributed by atoms with Crippen LogP contribution < -0.4 is 0 Å². The maximum Gasteiger partial charge on any atom is 0.154 e. The van der Waals surface area contributed by atoms with Crippen LogP contribution in [0.3, 0.4) is 0 Å². The van der Waals surface area contributed by atoms with Crippen molar-refractivity contribution in [1.29, 1.82) is 0 Å². The Morgan fingerprint density at radius 2 is 2.38 bits per heavy atom. The fourth-order valence-electron chi connectivity index (χ4n) is 0.935. The third kappa shape index (κ3) is 1.46. The van der Waals surface area contributed by atoms with Crippen LogP contribution >= 0.6 is 0 Å². The molecule has 0 amide bonds. The lowest BCUT2D eigenvalue weighted by molar-refractivity contribution is -0.136. The summed E-state index contributed by atoms with van der Waals surface area (Å²) < 4.78 is 4.90. The molecule has 1 N–H and O–H groups in total. The van der Waals surface area contributed by atoms with Gasteiger partial charge in [0.2, 0.25) is 0 Å². The Bertz CT molecular complexity index is 64.9. The molecule has 2 nitrogen and oxygen atoms in total. The predicted molar refractivity (Wildman–Crippen MR) is 30.4 cm³/mol. The van der Waals surface area contributed by atoms with Gasteiger partial charge in [-0.05, 0) is 12.3 Å². The van der Waals surface area contributed by atoms with Crippen LogP contribution in [0.4, 0.5) is 0 Å². The summed E-state index contributed by atoms with van der Waals surface area (Å²) in [6, 6.07) is 0. The number of aliphatic hydroxyl groups excluding tert-OH is 1. The summed E-state index contributed by atoms with van der Waals surface area (Å²) in [6.07, 6.45) is 1.41. The molecule has 0 aromatic rings. The normalized spacial score (nSPS) is 39.8. The molecule has 0 spiro atoms. The molecular weight excluding hydrogens is 104 g/mol. The zero-order chi connectivity index (χ0) is 5.98. The SMILES string of the molecule is C[C@@H]1CCOC(O)C1. The van der Waals surface area contributed by atoms with Gasteiger partial charge in [-0.25, -0.2) is 0 Å². The van der Waals surface area contributed by atoms with E-state index in [2.05, 4.69) is 6.92 Å². The van der Waals surface area contributed by atoms with Crippen molar-refractivity contribution in [2.75, 3.05) is 6.61 Å². The highest BCUT2D eigenvalue weighted by atomic mass is 16.6. The molecule has 0 radical (unpaired) electrons. The molecule has 0 bridgehead atoms.